The van der Waals surface area contributed by atoms with Gasteiger partial charge in [0, 0.05) is 19.0 Å². The number of rotatable bonds is 4. The van der Waals surface area contributed by atoms with E-state index in [2.05, 4.69) is 27.9 Å². The van der Waals surface area contributed by atoms with Crippen molar-refractivity contribution in [2.75, 3.05) is 6.54 Å². The molecule has 4 rings (SSSR count). The molecule has 0 aliphatic carbocycles. The van der Waals surface area contributed by atoms with Crippen molar-refractivity contribution in [2.24, 2.45) is 7.05 Å². The fourth-order valence-corrected chi connectivity index (χ4v) is 4.17. The van der Waals surface area contributed by atoms with Crippen LogP contribution in [0.4, 0.5) is 0 Å². The Hall–Kier alpha value is -2.31. The third-order valence-corrected chi connectivity index (χ3v) is 5.40. The third-order valence-electron chi connectivity index (χ3n) is 4.43. The molecule has 1 aliphatic rings. The Bertz CT molecular complexity index is 966. The van der Waals surface area contributed by atoms with Gasteiger partial charge in [0.1, 0.15) is 17.5 Å². The van der Waals surface area contributed by atoms with Crippen LogP contribution in [-0.2, 0) is 13.5 Å². The number of hydrogen-bond donors (Lipinski definition) is 1. The van der Waals surface area contributed by atoms with Gasteiger partial charge < -0.3 is 10.1 Å². The molecular weight excluding hydrogens is 370 g/mol. The Morgan fingerprint density at radius 1 is 1.42 bits per heavy atom. The maximum absolute atomic E-state index is 12.3. The van der Waals surface area contributed by atoms with E-state index in [0.717, 1.165) is 34.6 Å². The van der Waals surface area contributed by atoms with E-state index >= 15 is 0 Å². The van der Waals surface area contributed by atoms with Gasteiger partial charge in [0.15, 0.2) is 0 Å². The molecule has 0 spiro atoms. The summed E-state index contributed by atoms with van der Waals surface area (Å²) in [4.78, 5) is 12.3. The minimum absolute atomic E-state index is 0.126. The van der Waals surface area contributed by atoms with Crippen LogP contribution in [0, 0.1) is 6.92 Å². The molecule has 5 nitrogen and oxygen atoms in total. The van der Waals surface area contributed by atoms with E-state index in [9.17, 15) is 4.79 Å². The molecule has 1 atom stereocenters. The zero-order valence-corrected chi connectivity index (χ0v) is 16.0. The van der Waals surface area contributed by atoms with Gasteiger partial charge in [-0.25, -0.2) is 0 Å². The van der Waals surface area contributed by atoms with E-state index in [1.807, 2.05) is 18.4 Å². The SMILES string of the molecule is Cc1cc(C(=O)NC[C@H]2Cc3cc(-c4ccsc4)cc(Cl)c3O2)n(C)n1. The van der Waals surface area contributed by atoms with Crippen molar-refractivity contribution in [2.45, 2.75) is 19.4 Å². The zero-order chi connectivity index (χ0) is 18.3. The first-order valence-corrected chi connectivity index (χ1v) is 9.64. The number of aryl methyl sites for hydroxylation is 2. The van der Waals surface area contributed by atoms with Gasteiger partial charge >= 0.3 is 0 Å². The lowest BCUT2D eigenvalue weighted by Gasteiger charge is -2.12. The van der Waals surface area contributed by atoms with E-state index in [1.165, 1.54) is 0 Å². The molecule has 3 aromatic rings. The van der Waals surface area contributed by atoms with Crippen LogP contribution in [0.2, 0.25) is 5.02 Å². The summed E-state index contributed by atoms with van der Waals surface area (Å²) in [7, 11) is 1.76. The molecule has 2 aromatic heterocycles. The molecule has 0 radical (unpaired) electrons. The molecule has 1 amide bonds. The number of thiophene rings is 1. The van der Waals surface area contributed by atoms with Crippen LogP contribution in [0.15, 0.2) is 35.0 Å². The highest BCUT2D eigenvalue weighted by Crippen LogP contribution is 2.39. The monoisotopic (exact) mass is 387 g/mol. The van der Waals surface area contributed by atoms with E-state index < -0.39 is 0 Å². The topological polar surface area (TPSA) is 56.1 Å². The second-order valence-corrected chi connectivity index (χ2v) is 7.59. The Kier molecular flexibility index (Phi) is 4.46. The van der Waals surface area contributed by atoms with Gasteiger partial charge in [0.05, 0.1) is 17.3 Å². The molecule has 1 N–H and O–H groups in total. The maximum Gasteiger partial charge on any atom is 0.269 e. The molecule has 0 unspecified atom stereocenters. The average Bonchev–Trinajstić information content (AvgIpc) is 3.32. The van der Waals surface area contributed by atoms with Crippen LogP contribution in [0.25, 0.3) is 11.1 Å². The van der Waals surface area contributed by atoms with Crippen LogP contribution in [0.5, 0.6) is 5.75 Å². The number of carbonyl (C=O) groups excluding carboxylic acids is 1. The molecule has 0 fully saturated rings. The number of carbonyl (C=O) groups is 1. The first-order valence-electron chi connectivity index (χ1n) is 8.32. The summed E-state index contributed by atoms with van der Waals surface area (Å²) in [5, 5.41) is 11.9. The van der Waals surface area contributed by atoms with Crippen molar-refractivity contribution in [3.8, 4) is 16.9 Å². The summed E-state index contributed by atoms with van der Waals surface area (Å²) in [6.45, 7) is 2.28. The first kappa shape index (κ1) is 17.1. The summed E-state index contributed by atoms with van der Waals surface area (Å²) in [5.41, 5.74) is 4.68. The standard InChI is InChI=1S/C19H18ClN3O2S/c1-11-5-17(23(2)22-11)19(24)21-9-15-7-14-6-13(12-3-4-26-10-12)8-16(20)18(14)25-15/h3-6,8,10,15H,7,9H2,1-2H3,(H,21,24)/t15-/m1/s1. The number of amides is 1. The largest absolute Gasteiger partial charge is 0.486 e. The molecule has 134 valence electrons. The normalized spacial score (nSPS) is 15.6. The van der Waals surface area contributed by atoms with Gasteiger partial charge in [-0.2, -0.15) is 16.4 Å². The summed E-state index contributed by atoms with van der Waals surface area (Å²) in [6, 6.07) is 7.90. The fraction of sp³-hybridized carbons (Fsp3) is 0.263. The molecule has 0 saturated heterocycles. The van der Waals surface area contributed by atoms with Crippen molar-refractivity contribution in [3.05, 3.63) is 57.0 Å². The van der Waals surface area contributed by atoms with Gasteiger partial charge in [0.2, 0.25) is 0 Å². The number of ether oxygens (including phenoxy) is 1. The number of benzene rings is 1. The number of nitrogens with one attached hydrogen (secondary N) is 1. The van der Waals surface area contributed by atoms with Crippen molar-refractivity contribution in [3.63, 3.8) is 0 Å². The molecule has 0 bridgehead atoms. The molecular formula is C19H18ClN3O2S. The molecule has 26 heavy (non-hydrogen) atoms. The molecule has 0 saturated carbocycles. The third kappa shape index (κ3) is 3.22. The smallest absolute Gasteiger partial charge is 0.269 e. The minimum atomic E-state index is -0.155. The Morgan fingerprint density at radius 3 is 2.96 bits per heavy atom. The molecule has 1 aliphatic heterocycles. The van der Waals surface area contributed by atoms with E-state index in [1.54, 1.807) is 29.1 Å². The highest BCUT2D eigenvalue weighted by molar-refractivity contribution is 7.08. The van der Waals surface area contributed by atoms with Crippen LogP contribution in [-0.4, -0.2) is 28.3 Å². The lowest BCUT2D eigenvalue weighted by molar-refractivity contribution is 0.0924. The Morgan fingerprint density at radius 2 is 2.27 bits per heavy atom. The van der Waals surface area contributed by atoms with Gasteiger partial charge in [-0.1, -0.05) is 11.6 Å². The van der Waals surface area contributed by atoms with Gasteiger partial charge in [-0.15, -0.1) is 0 Å². The number of halogens is 1. The zero-order valence-electron chi connectivity index (χ0n) is 14.5. The van der Waals surface area contributed by atoms with Crippen LogP contribution in [0.3, 0.4) is 0 Å². The molecule has 7 heteroatoms. The van der Waals surface area contributed by atoms with E-state index in [4.69, 9.17) is 16.3 Å². The summed E-state index contributed by atoms with van der Waals surface area (Å²) in [6.07, 6.45) is 0.594. The van der Waals surface area contributed by atoms with Crippen molar-refractivity contribution in [1.29, 1.82) is 0 Å². The quantitative estimate of drug-likeness (QED) is 0.739. The minimum Gasteiger partial charge on any atom is -0.486 e. The number of fused-ring (bicyclic) bond motifs is 1. The Balaban J connectivity index is 1.45. The summed E-state index contributed by atoms with van der Waals surface area (Å²) in [5.74, 6) is 0.569. The fourth-order valence-electron chi connectivity index (χ4n) is 3.22. The highest BCUT2D eigenvalue weighted by Gasteiger charge is 2.27. The van der Waals surface area contributed by atoms with Crippen molar-refractivity contribution < 1.29 is 9.53 Å². The Labute approximate surface area is 160 Å². The van der Waals surface area contributed by atoms with E-state index in [-0.39, 0.29) is 12.0 Å². The number of aromatic nitrogens is 2. The van der Waals surface area contributed by atoms with Gasteiger partial charge in [0.25, 0.3) is 5.91 Å². The van der Waals surface area contributed by atoms with E-state index in [0.29, 0.717) is 17.3 Å². The second-order valence-electron chi connectivity index (χ2n) is 6.41. The summed E-state index contributed by atoms with van der Waals surface area (Å²) >= 11 is 8.08. The second kappa shape index (κ2) is 6.78. The first-order chi connectivity index (χ1) is 12.5. The van der Waals surface area contributed by atoms with Crippen molar-refractivity contribution in [1.82, 2.24) is 15.1 Å². The average molecular weight is 388 g/mol. The molecule has 1 aromatic carbocycles. The molecule has 3 heterocycles. The predicted molar refractivity (Wildman–Crippen MR) is 103 cm³/mol. The lowest BCUT2D eigenvalue weighted by Crippen LogP contribution is -2.35. The van der Waals surface area contributed by atoms with Crippen LogP contribution in [0.1, 0.15) is 21.7 Å². The number of hydrogen-bond acceptors (Lipinski definition) is 4. The van der Waals surface area contributed by atoms with Gasteiger partial charge in [-0.3, -0.25) is 9.48 Å². The van der Waals surface area contributed by atoms with Gasteiger partial charge in [-0.05, 0) is 53.1 Å². The van der Waals surface area contributed by atoms with Crippen LogP contribution >= 0.6 is 22.9 Å². The number of nitrogens with zero attached hydrogens (tertiary/aromatic N) is 2. The predicted octanol–water partition coefficient (Wildman–Crippen LogP) is 3.84. The lowest BCUT2D eigenvalue weighted by atomic mass is 10.0. The van der Waals surface area contributed by atoms with Crippen LogP contribution < -0.4 is 10.1 Å². The maximum atomic E-state index is 12.3. The highest BCUT2D eigenvalue weighted by atomic mass is 35.5. The van der Waals surface area contributed by atoms with Crippen molar-refractivity contribution >= 4 is 28.8 Å². The summed E-state index contributed by atoms with van der Waals surface area (Å²) < 4.78 is 7.55.